The average molecular weight is 555 g/mol. The predicted molar refractivity (Wildman–Crippen MR) is 162 cm³/mol. The Morgan fingerprint density at radius 2 is 1.73 bits per heavy atom. The fourth-order valence-electron chi connectivity index (χ4n) is 6.15. The third-order valence-electron chi connectivity index (χ3n) is 8.15. The van der Waals surface area contributed by atoms with Gasteiger partial charge in [0.25, 0.3) is 0 Å². The molecule has 0 aliphatic carbocycles. The number of rotatable bonds is 10. The minimum absolute atomic E-state index is 0.0372. The van der Waals surface area contributed by atoms with Crippen molar-refractivity contribution in [2.24, 2.45) is 11.8 Å². The van der Waals surface area contributed by atoms with Crippen LogP contribution in [0, 0.1) is 11.8 Å². The molecule has 3 fully saturated rings. The highest BCUT2D eigenvalue weighted by Gasteiger charge is 2.45. The predicted octanol–water partition coefficient (Wildman–Crippen LogP) is 7.53. The first-order valence-electron chi connectivity index (χ1n) is 13.8. The molecule has 2 bridgehead atoms. The quantitative estimate of drug-likeness (QED) is 0.155. The molecule has 1 unspecified atom stereocenters. The minimum Gasteiger partial charge on any atom is -0.497 e. The van der Waals surface area contributed by atoms with Crippen molar-refractivity contribution in [2.75, 3.05) is 30.4 Å². The van der Waals surface area contributed by atoms with Gasteiger partial charge in [0.05, 0.1) is 12.6 Å². The topological polar surface area (TPSA) is 75.7 Å². The molecule has 4 heterocycles. The first kappa shape index (κ1) is 26.6. The van der Waals surface area contributed by atoms with Crippen molar-refractivity contribution >= 4 is 29.9 Å². The molecule has 206 valence electrons. The van der Waals surface area contributed by atoms with Gasteiger partial charge in [-0.15, -0.1) is 6.58 Å². The third-order valence-corrected chi connectivity index (χ3v) is 9.78. The van der Waals surface area contributed by atoms with Crippen LogP contribution in [0.5, 0.6) is 5.75 Å². The van der Waals surface area contributed by atoms with Gasteiger partial charge in [-0.25, -0.2) is 4.57 Å². The number of para-hydroxylation sites is 2. The molecule has 3 aromatic carbocycles. The normalized spacial score (nSPS) is 22.9. The maximum Gasteiger partial charge on any atom is 0.392 e. The van der Waals surface area contributed by atoms with E-state index in [0.29, 0.717) is 23.2 Å². The van der Waals surface area contributed by atoms with Crippen LogP contribution in [0.3, 0.4) is 0 Å². The van der Waals surface area contributed by atoms with Gasteiger partial charge in [-0.3, -0.25) is 24.6 Å². The van der Waals surface area contributed by atoms with Gasteiger partial charge in [-0.05, 0) is 85.3 Å². The van der Waals surface area contributed by atoms with Crippen LogP contribution in [0.4, 0.5) is 11.4 Å². The average Bonchev–Trinajstić information content (AvgIpc) is 3.00. The molecule has 0 spiro atoms. The molecule has 8 heteroatoms. The maximum atomic E-state index is 14.8. The zero-order valence-electron chi connectivity index (χ0n) is 22.6. The number of ether oxygens (including phenoxy) is 1. The summed E-state index contributed by atoms with van der Waals surface area (Å²) in [5.41, 5.74) is 3.22. The molecule has 0 amide bonds. The molecular formula is C32H35N4O3P. The Kier molecular flexibility index (Phi) is 7.61. The smallest absolute Gasteiger partial charge is 0.392 e. The van der Waals surface area contributed by atoms with Crippen LogP contribution in [-0.4, -0.2) is 36.1 Å². The number of piperidine rings is 3. The van der Waals surface area contributed by atoms with E-state index in [1.54, 1.807) is 7.11 Å². The molecule has 1 aromatic heterocycles. The zero-order chi connectivity index (χ0) is 27.5. The van der Waals surface area contributed by atoms with Crippen LogP contribution < -0.4 is 14.9 Å². The van der Waals surface area contributed by atoms with E-state index in [1.165, 1.54) is 0 Å². The van der Waals surface area contributed by atoms with E-state index in [9.17, 15) is 4.57 Å². The highest BCUT2D eigenvalue weighted by molar-refractivity contribution is 7.62. The second-order valence-corrected chi connectivity index (χ2v) is 12.3. The molecule has 4 aromatic rings. The summed E-state index contributed by atoms with van der Waals surface area (Å²) in [6.07, 6.45) is 5.47. The Hall–Kier alpha value is -3.64. The molecule has 40 heavy (non-hydrogen) atoms. The molecular weight excluding hydrogens is 519 g/mol. The number of aromatic nitrogens is 1. The molecule has 3 aliphatic heterocycles. The van der Waals surface area contributed by atoms with Gasteiger partial charge in [0, 0.05) is 35.5 Å². The SMILES string of the molecule is C=C[C@H]1CN2CC[C@H]1C[C@@H]2[C@@H](OP(=O)(Nc1ccccc1)Nc1ccccc1)c1ccnc2ccc(OC)cc12. The Bertz CT molecular complexity index is 1470. The van der Waals surface area contributed by atoms with E-state index in [0.717, 1.165) is 48.1 Å². The maximum absolute atomic E-state index is 14.8. The number of methoxy groups -OCH3 is 1. The van der Waals surface area contributed by atoms with E-state index in [2.05, 4.69) is 32.7 Å². The number of hydrogen-bond acceptors (Lipinski definition) is 5. The summed E-state index contributed by atoms with van der Waals surface area (Å²) in [5, 5.41) is 7.38. The fraction of sp³-hybridized carbons (Fsp3) is 0.281. The van der Waals surface area contributed by atoms with Gasteiger partial charge >= 0.3 is 7.67 Å². The zero-order valence-corrected chi connectivity index (χ0v) is 23.5. The van der Waals surface area contributed by atoms with Gasteiger partial charge in [0.2, 0.25) is 0 Å². The number of pyridine rings is 1. The van der Waals surface area contributed by atoms with Crippen molar-refractivity contribution in [3.63, 3.8) is 0 Å². The molecule has 7 nitrogen and oxygen atoms in total. The van der Waals surface area contributed by atoms with Crippen molar-refractivity contribution in [2.45, 2.75) is 25.0 Å². The lowest BCUT2D eigenvalue weighted by Crippen LogP contribution is -2.55. The second kappa shape index (κ2) is 11.5. The first-order chi connectivity index (χ1) is 19.5. The van der Waals surface area contributed by atoms with Crippen LogP contribution in [0.25, 0.3) is 10.9 Å². The number of fused-ring (bicyclic) bond motifs is 4. The summed E-state index contributed by atoms with van der Waals surface area (Å²) < 4.78 is 27.3. The second-order valence-electron chi connectivity index (χ2n) is 10.6. The third kappa shape index (κ3) is 5.50. The van der Waals surface area contributed by atoms with Crippen LogP contribution >= 0.6 is 7.67 Å². The lowest BCUT2D eigenvalue weighted by Gasteiger charge is -2.51. The summed E-state index contributed by atoms with van der Waals surface area (Å²) >= 11 is 0. The van der Waals surface area contributed by atoms with Gasteiger partial charge in [0.15, 0.2) is 0 Å². The molecule has 7 rings (SSSR count). The van der Waals surface area contributed by atoms with E-state index >= 15 is 0 Å². The molecule has 2 N–H and O–H groups in total. The largest absolute Gasteiger partial charge is 0.497 e. The lowest BCUT2D eigenvalue weighted by molar-refractivity contribution is -0.0345. The van der Waals surface area contributed by atoms with Crippen LogP contribution in [0.1, 0.15) is 24.5 Å². The van der Waals surface area contributed by atoms with Crippen molar-refractivity contribution < 1.29 is 13.8 Å². The van der Waals surface area contributed by atoms with E-state index in [-0.39, 0.29) is 6.04 Å². The number of hydrogen-bond donors (Lipinski definition) is 2. The summed E-state index contributed by atoms with van der Waals surface area (Å²) in [5.74, 6) is 1.71. The summed E-state index contributed by atoms with van der Waals surface area (Å²) in [7, 11) is -2.03. The highest BCUT2D eigenvalue weighted by Crippen LogP contribution is 2.54. The van der Waals surface area contributed by atoms with E-state index in [4.69, 9.17) is 9.26 Å². The number of benzene rings is 3. The van der Waals surface area contributed by atoms with E-state index in [1.807, 2.05) is 91.1 Å². The van der Waals surface area contributed by atoms with Crippen LogP contribution in [0.2, 0.25) is 0 Å². The molecule has 3 aliphatic rings. The van der Waals surface area contributed by atoms with Gasteiger partial charge in [0.1, 0.15) is 11.9 Å². The standard InChI is InChI=1S/C32H35N4O3P/c1-3-23-22-36-19-17-24(23)20-31(36)32(28-16-18-33-30-15-14-27(38-2)21-29(28)30)39-40(37,34-25-10-6-4-7-11-25)35-26-12-8-5-9-13-26/h3-16,18,21,23-24,31-32H,1,17,19-20,22H2,2H3,(H2,34,35,37)/t23-,24-,31+,32-/m0/s1. The molecule has 5 atom stereocenters. The Balaban J connectivity index is 1.45. The Morgan fingerprint density at radius 3 is 2.33 bits per heavy atom. The Morgan fingerprint density at radius 1 is 1.02 bits per heavy atom. The fourth-order valence-corrected chi connectivity index (χ4v) is 7.87. The molecule has 0 saturated carbocycles. The molecule has 0 radical (unpaired) electrons. The van der Waals surface area contributed by atoms with E-state index < -0.39 is 13.8 Å². The monoisotopic (exact) mass is 554 g/mol. The number of nitrogens with one attached hydrogen (secondary N) is 2. The highest BCUT2D eigenvalue weighted by atomic mass is 31.2. The van der Waals surface area contributed by atoms with Crippen molar-refractivity contribution in [3.8, 4) is 5.75 Å². The van der Waals surface area contributed by atoms with Crippen LogP contribution in [0.15, 0.2) is 104 Å². The summed E-state index contributed by atoms with van der Waals surface area (Å²) in [6, 6.07) is 27.0. The summed E-state index contributed by atoms with van der Waals surface area (Å²) in [4.78, 5) is 7.10. The first-order valence-corrected chi connectivity index (χ1v) is 15.4. The Labute approximate surface area is 235 Å². The van der Waals surface area contributed by atoms with Crippen molar-refractivity contribution in [1.82, 2.24) is 9.88 Å². The van der Waals surface area contributed by atoms with Crippen molar-refractivity contribution in [1.29, 1.82) is 0 Å². The van der Waals surface area contributed by atoms with Crippen LogP contribution in [-0.2, 0) is 9.09 Å². The number of anilines is 2. The van der Waals surface area contributed by atoms with Crippen molar-refractivity contribution in [3.05, 3.63) is 109 Å². The number of nitrogens with zero attached hydrogens (tertiary/aromatic N) is 2. The molecule has 3 saturated heterocycles. The van der Waals surface area contributed by atoms with Gasteiger partial charge in [-0.2, -0.15) is 0 Å². The summed E-state index contributed by atoms with van der Waals surface area (Å²) in [6.45, 7) is 6.00. The van der Waals surface area contributed by atoms with Gasteiger partial charge in [-0.1, -0.05) is 42.5 Å². The lowest BCUT2D eigenvalue weighted by atomic mass is 9.73. The minimum atomic E-state index is -3.69. The van der Waals surface area contributed by atoms with Gasteiger partial charge < -0.3 is 4.74 Å².